The average Bonchev–Trinajstić information content (AvgIpc) is 2.95. The summed E-state index contributed by atoms with van der Waals surface area (Å²) in [4.78, 5) is 15.8. The quantitative estimate of drug-likeness (QED) is 0.538. The van der Waals surface area contributed by atoms with Crippen molar-refractivity contribution < 1.29 is 18.0 Å². The van der Waals surface area contributed by atoms with Gasteiger partial charge in [0.1, 0.15) is 0 Å². The number of nitrogens with one attached hydrogen (secondary N) is 1. The molecule has 0 saturated heterocycles. The number of pyridine rings is 1. The molecule has 28 heavy (non-hydrogen) atoms. The Morgan fingerprint density at radius 1 is 1.18 bits per heavy atom. The number of hydrogen-bond acceptors (Lipinski definition) is 3. The van der Waals surface area contributed by atoms with Crippen LogP contribution in [0.15, 0.2) is 60.0 Å². The largest absolute Gasteiger partial charge is 0.416 e. The summed E-state index contributed by atoms with van der Waals surface area (Å²) in [6, 6.07) is 10.2. The van der Waals surface area contributed by atoms with Crippen LogP contribution in [0.5, 0.6) is 0 Å². The van der Waals surface area contributed by atoms with Crippen molar-refractivity contribution in [2.45, 2.75) is 20.0 Å². The van der Waals surface area contributed by atoms with Crippen molar-refractivity contribution in [3.8, 4) is 5.69 Å². The highest BCUT2D eigenvalue weighted by Crippen LogP contribution is 2.31. The zero-order chi connectivity index (χ0) is 20.3. The Morgan fingerprint density at radius 2 is 1.96 bits per heavy atom. The van der Waals surface area contributed by atoms with Crippen LogP contribution in [0.1, 0.15) is 32.9 Å². The third-order valence-electron chi connectivity index (χ3n) is 4.20. The van der Waals surface area contributed by atoms with Crippen LogP contribution < -0.4 is 5.43 Å². The molecule has 0 aliphatic heterocycles. The number of aryl methyl sites for hydroxylation is 1. The highest BCUT2D eigenvalue weighted by molar-refractivity contribution is 5.94. The second kappa shape index (κ2) is 7.67. The van der Waals surface area contributed by atoms with Crippen LogP contribution in [-0.4, -0.2) is 21.7 Å². The van der Waals surface area contributed by atoms with E-state index in [1.54, 1.807) is 48.9 Å². The lowest BCUT2D eigenvalue weighted by Crippen LogP contribution is -2.17. The van der Waals surface area contributed by atoms with Crippen molar-refractivity contribution in [3.63, 3.8) is 0 Å². The summed E-state index contributed by atoms with van der Waals surface area (Å²) in [5, 5.41) is 3.94. The van der Waals surface area contributed by atoms with E-state index in [9.17, 15) is 18.0 Å². The number of hydrazone groups is 1. The molecule has 0 radical (unpaired) electrons. The van der Waals surface area contributed by atoms with Gasteiger partial charge in [0.25, 0.3) is 5.91 Å². The molecule has 0 spiro atoms. The van der Waals surface area contributed by atoms with E-state index in [2.05, 4.69) is 15.5 Å². The summed E-state index contributed by atoms with van der Waals surface area (Å²) in [5.74, 6) is -0.406. The summed E-state index contributed by atoms with van der Waals surface area (Å²) >= 11 is 0. The Bertz CT molecular complexity index is 1020. The molecule has 0 unspecified atom stereocenters. The highest BCUT2D eigenvalue weighted by atomic mass is 19.4. The van der Waals surface area contributed by atoms with Gasteiger partial charge in [0.2, 0.25) is 0 Å². The molecular formula is C20H17F3N4O. The smallest absolute Gasteiger partial charge is 0.318 e. The first-order valence-corrected chi connectivity index (χ1v) is 8.37. The maximum atomic E-state index is 13.0. The number of rotatable bonds is 4. The third kappa shape index (κ3) is 4.11. The fourth-order valence-electron chi connectivity index (χ4n) is 2.86. The first kappa shape index (κ1) is 19.3. The molecule has 3 aromatic rings. The van der Waals surface area contributed by atoms with Crippen LogP contribution >= 0.6 is 0 Å². The van der Waals surface area contributed by atoms with E-state index in [1.807, 2.05) is 0 Å². The van der Waals surface area contributed by atoms with Gasteiger partial charge >= 0.3 is 6.18 Å². The van der Waals surface area contributed by atoms with Gasteiger partial charge in [-0.1, -0.05) is 6.07 Å². The Kier molecular flexibility index (Phi) is 5.30. The first-order valence-electron chi connectivity index (χ1n) is 8.37. The number of aromatic nitrogens is 2. The van der Waals surface area contributed by atoms with Crippen LogP contribution in [0.25, 0.3) is 5.69 Å². The van der Waals surface area contributed by atoms with Crippen LogP contribution in [0.4, 0.5) is 13.2 Å². The predicted molar refractivity (Wildman–Crippen MR) is 99.5 cm³/mol. The summed E-state index contributed by atoms with van der Waals surface area (Å²) in [6.45, 7) is 3.57. The Hall–Kier alpha value is -3.42. The van der Waals surface area contributed by atoms with E-state index in [-0.39, 0.29) is 0 Å². The number of carbonyl (C=O) groups is 1. The fourth-order valence-corrected chi connectivity index (χ4v) is 2.86. The summed E-state index contributed by atoms with van der Waals surface area (Å²) < 4.78 is 40.7. The van der Waals surface area contributed by atoms with Gasteiger partial charge in [0.05, 0.1) is 17.3 Å². The molecule has 2 heterocycles. The summed E-state index contributed by atoms with van der Waals surface area (Å²) in [7, 11) is 0. The molecule has 0 bridgehead atoms. The lowest BCUT2D eigenvalue weighted by Gasteiger charge is -2.13. The molecular weight excluding hydrogens is 369 g/mol. The van der Waals surface area contributed by atoms with Crippen molar-refractivity contribution in [2.75, 3.05) is 0 Å². The molecule has 2 aromatic heterocycles. The Balaban J connectivity index is 1.84. The van der Waals surface area contributed by atoms with E-state index in [4.69, 9.17) is 0 Å². The van der Waals surface area contributed by atoms with Crippen molar-refractivity contribution in [2.24, 2.45) is 5.10 Å². The van der Waals surface area contributed by atoms with E-state index < -0.39 is 17.6 Å². The number of halogens is 3. The van der Waals surface area contributed by atoms with Gasteiger partial charge in [0.15, 0.2) is 0 Å². The number of benzene rings is 1. The van der Waals surface area contributed by atoms with E-state index in [0.29, 0.717) is 22.5 Å². The minimum absolute atomic E-state index is 0.370. The lowest BCUT2D eigenvalue weighted by atomic mass is 10.2. The van der Waals surface area contributed by atoms with Crippen LogP contribution in [0.2, 0.25) is 0 Å². The van der Waals surface area contributed by atoms with Crippen LogP contribution in [0.3, 0.4) is 0 Å². The van der Waals surface area contributed by atoms with Gasteiger partial charge in [-0.15, -0.1) is 0 Å². The number of alkyl halides is 3. The molecule has 0 aliphatic carbocycles. The second-order valence-corrected chi connectivity index (χ2v) is 6.15. The second-order valence-electron chi connectivity index (χ2n) is 6.15. The zero-order valence-electron chi connectivity index (χ0n) is 15.2. The van der Waals surface area contributed by atoms with E-state index >= 15 is 0 Å². The van der Waals surface area contributed by atoms with Gasteiger partial charge < -0.3 is 4.57 Å². The van der Waals surface area contributed by atoms with Gasteiger partial charge in [0, 0.05) is 35.0 Å². The highest BCUT2D eigenvalue weighted by Gasteiger charge is 2.30. The fraction of sp³-hybridized carbons (Fsp3) is 0.150. The van der Waals surface area contributed by atoms with Crippen molar-refractivity contribution in [1.82, 2.24) is 15.0 Å². The molecule has 0 saturated carbocycles. The van der Waals surface area contributed by atoms with E-state index in [1.165, 1.54) is 18.5 Å². The molecule has 0 fully saturated rings. The predicted octanol–water partition coefficient (Wildman–Crippen LogP) is 4.27. The molecule has 5 nitrogen and oxygen atoms in total. The molecule has 0 atom stereocenters. The number of hydrogen-bond donors (Lipinski definition) is 1. The first-order chi connectivity index (χ1) is 13.3. The molecule has 1 N–H and O–H groups in total. The van der Waals surface area contributed by atoms with Crippen molar-refractivity contribution >= 4 is 12.1 Å². The van der Waals surface area contributed by atoms with Crippen LogP contribution in [-0.2, 0) is 6.18 Å². The monoisotopic (exact) mass is 386 g/mol. The molecule has 0 aliphatic rings. The Morgan fingerprint density at radius 3 is 2.64 bits per heavy atom. The van der Waals surface area contributed by atoms with Crippen LogP contribution in [0, 0.1) is 13.8 Å². The SMILES string of the molecule is Cc1cc(C=NNC(=O)c2cccnc2)c(C)n1-c1cccc(C(F)(F)F)c1. The lowest BCUT2D eigenvalue weighted by molar-refractivity contribution is -0.137. The van der Waals surface area contributed by atoms with Gasteiger partial charge in [-0.25, -0.2) is 5.43 Å². The topological polar surface area (TPSA) is 59.3 Å². The minimum atomic E-state index is -4.41. The molecule has 1 aromatic carbocycles. The molecule has 144 valence electrons. The van der Waals surface area contributed by atoms with Crippen molar-refractivity contribution in [1.29, 1.82) is 0 Å². The normalized spacial score (nSPS) is 11.8. The maximum absolute atomic E-state index is 13.0. The van der Waals surface area contributed by atoms with Gasteiger partial charge in [-0.3, -0.25) is 9.78 Å². The van der Waals surface area contributed by atoms with Gasteiger partial charge in [-0.05, 0) is 50.2 Å². The molecule has 8 heteroatoms. The zero-order valence-corrected chi connectivity index (χ0v) is 15.2. The Labute approximate surface area is 159 Å². The third-order valence-corrected chi connectivity index (χ3v) is 4.20. The van der Waals surface area contributed by atoms with Crippen molar-refractivity contribution in [3.05, 3.63) is 82.9 Å². The summed E-state index contributed by atoms with van der Waals surface area (Å²) in [6.07, 6.45) is 0.0274. The molecule has 3 rings (SSSR count). The average molecular weight is 386 g/mol. The number of carbonyl (C=O) groups excluding carboxylic acids is 1. The van der Waals surface area contributed by atoms with Gasteiger partial charge in [-0.2, -0.15) is 18.3 Å². The minimum Gasteiger partial charge on any atom is -0.318 e. The standard InChI is InChI=1S/C20H17F3N4O/c1-13-9-16(12-25-26-19(28)15-5-4-8-24-11-15)14(2)27(13)18-7-3-6-17(10-18)20(21,22)23/h3-12H,1-2H3,(H,26,28). The molecule has 1 amide bonds. The van der Waals surface area contributed by atoms with E-state index in [0.717, 1.165) is 17.8 Å². The number of nitrogens with zero attached hydrogens (tertiary/aromatic N) is 3. The maximum Gasteiger partial charge on any atom is 0.416 e. The summed E-state index contributed by atoms with van der Waals surface area (Å²) in [5.41, 5.74) is 4.60. The number of amides is 1.